The van der Waals surface area contributed by atoms with E-state index in [0.717, 1.165) is 30.6 Å². The van der Waals surface area contributed by atoms with E-state index in [2.05, 4.69) is 0 Å². The second-order valence-corrected chi connectivity index (χ2v) is 4.82. The lowest BCUT2D eigenvalue weighted by Gasteiger charge is -2.32. The number of hydrogen-bond donors (Lipinski definition) is 1. The molecule has 4 heteroatoms. The van der Waals surface area contributed by atoms with Gasteiger partial charge >= 0.3 is 0 Å². The van der Waals surface area contributed by atoms with Gasteiger partial charge in [0.1, 0.15) is 0 Å². The van der Waals surface area contributed by atoms with Crippen molar-refractivity contribution in [1.29, 1.82) is 0 Å². The Kier molecular flexibility index (Phi) is 3.87. The molecule has 1 aliphatic rings. The smallest absolute Gasteiger partial charge is 0.253 e. The minimum Gasteiger partial charge on any atom is -0.399 e. The highest BCUT2D eigenvalue weighted by Gasteiger charge is 2.24. The zero-order valence-electron chi connectivity index (χ0n) is 11.0. The van der Waals surface area contributed by atoms with Crippen molar-refractivity contribution in [3.63, 3.8) is 0 Å². The van der Waals surface area contributed by atoms with E-state index >= 15 is 0 Å². The van der Waals surface area contributed by atoms with E-state index in [-0.39, 0.29) is 12.0 Å². The quantitative estimate of drug-likeness (QED) is 0.812. The number of likely N-dealkylation sites (tertiary alicyclic amines) is 1. The number of methoxy groups -OCH3 is 1. The molecule has 1 fully saturated rings. The Bertz CT molecular complexity index is 445. The molecule has 0 aromatic heterocycles. The first-order valence-electron chi connectivity index (χ1n) is 6.30. The lowest BCUT2D eigenvalue weighted by molar-refractivity contribution is 0.0269. The van der Waals surface area contributed by atoms with Crippen molar-refractivity contribution in [2.45, 2.75) is 25.9 Å². The summed E-state index contributed by atoms with van der Waals surface area (Å²) in [6.07, 6.45) is 2.19. The Hall–Kier alpha value is -1.55. The molecule has 1 aromatic carbocycles. The summed E-state index contributed by atoms with van der Waals surface area (Å²) in [6, 6.07) is 5.44. The molecular formula is C14H20N2O2. The van der Waals surface area contributed by atoms with E-state index in [1.165, 1.54) is 0 Å². The third kappa shape index (κ3) is 2.64. The summed E-state index contributed by atoms with van der Waals surface area (Å²) >= 11 is 0. The fourth-order valence-electron chi connectivity index (χ4n) is 2.31. The molecule has 4 nitrogen and oxygen atoms in total. The van der Waals surface area contributed by atoms with Crippen molar-refractivity contribution in [3.8, 4) is 0 Å². The maximum atomic E-state index is 12.4. The molecule has 1 aromatic rings. The number of nitrogens with two attached hydrogens (primary N) is 1. The largest absolute Gasteiger partial charge is 0.399 e. The van der Waals surface area contributed by atoms with Crippen LogP contribution in [-0.2, 0) is 4.74 Å². The first kappa shape index (κ1) is 12.9. The average molecular weight is 248 g/mol. The number of aryl methyl sites for hydroxylation is 1. The summed E-state index contributed by atoms with van der Waals surface area (Å²) in [5, 5.41) is 0. The monoisotopic (exact) mass is 248 g/mol. The summed E-state index contributed by atoms with van der Waals surface area (Å²) in [5.74, 6) is 0.0693. The van der Waals surface area contributed by atoms with Crippen LogP contribution in [0.25, 0.3) is 0 Å². The number of anilines is 1. The van der Waals surface area contributed by atoms with Gasteiger partial charge in [-0.1, -0.05) is 0 Å². The third-order valence-corrected chi connectivity index (χ3v) is 3.52. The standard InChI is InChI=1S/C14H20N2O2/c1-10-8-11(5-6-13(10)15)14(17)16-7-3-4-12(9-16)18-2/h5-6,8,12H,3-4,7,9,15H2,1-2H3. The normalized spacial score (nSPS) is 19.9. The van der Waals surface area contributed by atoms with Crippen LogP contribution in [0.3, 0.4) is 0 Å². The third-order valence-electron chi connectivity index (χ3n) is 3.52. The number of hydrogen-bond acceptors (Lipinski definition) is 3. The van der Waals surface area contributed by atoms with Gasteiger partial charge in [0.15, 0.2) is 0 Å². The van der Waals surface area contributed by atoms with E-state index < -0.39 is 0 Å². The van der Waals surface area contributed by atoms with Gasteiger partial charge < -0.3 is 15.4 Å². The number of amides is 1. The van der Waals surface area contributed by atoms with Crippen LogP contribution >= 0.6 is 0 Å². The molecule has 2 N–H and O–H groups in total. The molecule has 1 atom stereocenters. The summed E-state index contributed by atoms with van der Waals surface area (Å²) in [6.45, 7) is 3.40. The van der Waals surface area contributed by atoms with Crippen LogP contribution in [0.4, 0.5) is 5.69 Å². The highest BCUT2D eigenvalue weighted by atomic mass is 16.5. The molecule has 1 heterocycles. The number of rotatable bonds is 2. The molecule has 0 aliphatic carbocycles. The molecule has 1 saturated heterocycles. The second kappa shape index (κ2) is 5.40. The molecule has 2 rings (SSSR count). The Morgan fingerprint density at radius 3 is 2.94 bits per heavy atom. The molecule has 1 amide bonds. The summed E-state index contributed by atoms with van der Waals surface area (Å²) in [4.78, 5) is 14.2. The number of piperidine rings is 1. The fraction of sp³-hybridized carbons (Fsp3) is 0.500. The maximum Gasteiger partial charge on any atom is 0.253 e. The molecule has 0 radical (unpaired) electrons. The zero-order valence-corrected chi connectivity index (χ0v) is 11.0. The molecule has 98 valence electrons. The van der Waals surface area contributed by atoms with Gasteiger partial charge in [0, 0.05) is 31.5 Å². The van der Waals surface area contributed by atoms with Crippen LogP contribution in [0.2, 0.25) is 0 Å². The molecular weight excluding hydrogens is 228 g/mol. The topological polar surface area (TPSA) is 55.6 Å². The van der Waals surface area contributed by atoms with Crippen LogP contribution in [0.1, 0.15) is 28.8 Å². The van der Waals surface area contributed by atoms with Gasteiger partial charge in [-0.2, -0.15) is 0 Å². The number of carbonyl (C=O) groups is 1. The number of nitrogen functional groups attached to an aromatic ring is 1. The fourth-order valence-corrected chi connectivity index (χ4v) is 2.31. The molecule has 0 saturated carbocycles. The second-order valence-electron chi connectivity index (χ2n) is 4.82. The summed E-state index contributed by atoms with van der Waals surface area (Å²) in [5.41, 5.74) is 8.14. The minimum absolute atomic E-state index is 0.0693. The number of benzene rings is 1. The van der Waals surface area contributed by atoms with Crippen LogP contribution in [-0.4, -0.2) is 37.1 Å². The predicted octanol–water partition coefficient (Wildman–Crippen LogP) is 1.83. The van der Waals surface area contributed by atoms with Crippen LogP contribution in [0.5, 0.6) is 0 Å². The van der Waals surface area contributed by atoms with E-state index in [9.17, 15) is 4.79 Å². The Balaban J connectivity index is 2.12. The molecule has 0 spiro atoms. The average Bonchev–Trinajstić information content (AvgIpc) is 2.41. The van der Waals surface area contributed by atoms with Crippen molar-refractivity contribution >= 4 is 11.6 Å². The van der Waals surface area contributed by atoms with Gasteiger partial charge in [-0.3, -0.25) is 4.79 Å². The SMILES string of the molecule is COC1CCCN(C(=O)c2ccc(N)c(C)c2)C1. The van der Waals surface area contributed by atoms with Crippen molar-refractivity contribution in [2.24, 2.45) is 0 Å². The van der Waals surface area contributed by atoms with E-state index in [4.69, 9.17) is 10.5 Å². The van der Waals surface area contributed by atoms with Gasteiger partial charge in [-0.25, -0.2) is 0 Å². The van der Waals surface area contributed by atoms with E-state index in [1.54, 1.807) is 19.2 Å². The molecule has 0 bridgehead atoms. The zero-order chi connectivity index (χ0) is 13.1. The molecule has 18 heavy (non-hydrogen) atoms. The number of carbonyl (C=O) groups excluding carboxylic acids is 1. The van der Waals surface area contributed by atoms with Gasteiger partial charge in [-0.15, -0.1) is 0 Å². The number of nitrogens with zero attached hydrogens (tertiary/aromatic N) is 1. The summed E-state index contributed by atoms with van der Waals surface area (Å²) in [7, 11) is 1.70. The summed E-state index contributed by atoms with van der Waals surface area (Å²) < 4.78 is 5.34. The first-order chi connectivity index (χ1) is 8.61. The lowest BCUT2D eigenvalue weighted by atomic mass is 10.0. The highest BCUT2D eigenvalue weighted by molar-refractivity contribution is 5.95. The number of ether oxygens (including phenoxy) is 1. The molecule has 1 aliphatic heterocycles. The Morgan fingerprint density at radius 2 is 2.28 bits per heavy atom. The van der Waals surface area contributed by atoms with Crippen LogP contribution in [0, 0.1) is 6.92 Å². The van der Waals surface area contributed by atoms with E-state index in [1.807, 2.05) is 17.9 Å². The minimum atomic E-state index is 0.0693. The predicted molar refractivity (Wildman–Crippen MR) is 71.5 cm³/mol. The van der Waals surface area contributed by atoms with Crippen molar-refractivity contribution in [1.82, 2.24) is 4.90 Å². The first-order valence-corrected chi connectivity index (χ1v) is 6.30. The van der Waals surface area contributed by atoms with Gasteiger partial charge in [-0.05, 0) is 43.5 Å². The van der Waals surface area contributed by atoms with Crippen LogP contribution in [0.15, 0.2) is 18.2 Å². The van der Waals surface area contributed by atoms with Gasteiger partial charge in [0.25, 0.3) is 5.91 Å². The van der Waals surface area contributed by atoms with Crippen molar-refractivity contribution in [3.05, 3.63) is 29.3 Å². The van der Waals surface area contributed by atoms with Crippen molar-refractivity contribution < 1.29 is 9.53 Å². The van der Waals surface area contributed by atoms with Crippen LogP contribution < -0.4 is 5.73 Å². The van der Waals surface area contributed by atoms with Gasteiger partial charge in [0.05, 0.1) is 6.10 Å². The Morgan fingerprint density at radius 1 is 1.50 bits per heavy atom. The van der Waals surface area contributed by atoms with Crippen molar-refractivity contribution in [2.75, 3.05) is 25.9 Å². The van der Waals surface area contributed by atoms with Gasteiger partial charge in [0.2, 0.25) is 0 Å². The molecule has 1 unspecified atom stereocenters. The Labute approximate surface area is 108 Å². The van der Waals surface area contributed by atoms with E-state index in [0.29, 0.717) is 12.1 Å². The maximum absolute atomic E-state index is 12.4. The lowest BCUT2D eigenvalue weighted by Crippen LogP contribution is -2.42. The highest BCUT2D eigenvalue weighted by Crippen LogP contribution is 2.18.